The molecule has 0 spiro atoms. The van der Waals surface area contributed by atoms with E-state index in [-0.39, 0.29) is 11.3 Å². The molecule has 24 heavy (non-hydrogen) atoms. The van der Waals surface area contributed by atoms with Crippen LogP contribution in [0.3, 0.4) is 0 Å². The van der Waals surface area contributed by atoms with Gasteiger partial charge in [0.25, 0.3) is 5.91 Å². The third kappa shape index (κ3) is 4.07. The quantitative estimate of drug-likeness (QED) is 0.288. The van der Waals surface area contributed by atoms with Crippen LogP contribution in [-0.2, 0) is 6.18 Å². The zero-order chi connectivity index (χ0) is 17.9. The van der Waals surface area contributed by atoms with Gasteiger partial charge in [0.2, 0.25) is 0 Å². The smallest absolute Gasteiger partial charge is 0.267 e. The second-order valence-corrected chi connectivity index (χ2v) is 6.10. The van der Waals surface area contributed by atoms with Gasteiger partial charge in [0.05, 0.1) is 11.3 Å². The average Bonchev–Trinajstić information content (AvgIpc) is 2.54. The van der Waals surface area contributed by atoms with Gasteiger partial charge in [-0.25, -0.2) is 15.2 Å². The number of hydrogen-bond acceptors (Lipinski definition) is 3. The maximum Gasteiger partial charge on any atom is 0.416 e. The maximum absolute atomic E-state index is 13.5. The summed E-state index contributed by atoms with van der Waals surface area (Å²) < 4.78 is 51.8. The summed E-state index contributed by atoms with van der Waals surface area (Å²) in [4.78, 5) is 13.0. The van der Waals surface area contributed by atoms with Crippen molar-refractivity contribution in [3.63, 3.8) is 0 Å². The Morgan fingerprint density at radius 3 is 2.54 bits per heavy atom. The molecule has 2 rings (SSSR count). The second-order valence-electron chi connectivity index (χ2n) is 4.80. The first-order valence-electron chi connectivity index (χ1n) is 6.92. The zero-order valence-electron chi connectivity index (χ0n) is 12.6. The molecule has 0 aliphatic rings. The average molecular weight is 358 g/mol. The summed E-state index contributed by atoms with van der Waals surface area (Å²) in [5.74, 6) is 4.95. The minimum absolute atomic E-state index is 0.101. The van der Waals surface area contributed by atoms with Crippen molar-refractivity contribution in [2.45, 2.75) is 18.0 Å². The highest BCUT2D eigenvalue weighted by molar-refractivity contribution is 7.99. The van der Waals surface area contributed by atoms with Crippen molar-refractivity contribution in [1.82, 2.24) is 0 Å². The molecule has 0 aliphatic carbocycles. The minimum Gasteiger partial charge on any atom is -0.267 e. The lowest BCUT2D eigenvalue weighted by Gasteiger charge is -2.20. The van der Waals surface area contributed by atoms with Gasteiger partial charge in [-0.1, -0.05) is 13.0 Å². The number of carbonyl (C=O) groups is 1. The van der Waals surface area contributed by atoms with Crippen LogP contribution in [0.15, 0.2) is 47.4 Å². The van der Waals surface area contributed by atoms with Crippen LogP contribution in [0.4, 0.5) is 23.2 Å². The Kier molecular flexibility index (Phi) is 5.51. The van der Waals surface area contributed by atoms with Crippen LogP contribution in [0.25, 0.3) is 0 Å². The first-order valence-corrected chi connectivity index (χ1v) is 7.91. The second kappa shape index (κ2) is 7.23. The van der Waals surface area contributed by atoms with E-state index in [0.717, 1.165) is 18.2 Å². The lowest BCUT2D eigenvalue weighted by atomic mass is 10.1. The number of hydrogen-bond donors (Lipinski definition) is 1. The fourth-order valence-electron chi connectivity index (χ4n) is 2.03. The molecule has 2 N–H and O–H groups in total. The molecular formula is C16H14F4N2OS. The summed E-state index contributed by atoms with van der Waals surface area (Å²) in [7, 11) is 0. The number of carbonyl (C=O) groups excluding carboxylic acids is 1. The van der Waals surface area contributed by atoms with Crippen molar-refractivity contribution >= 4 is 23.4 Å². The number of halogens is 4. The number of hydrazine groups is 1. The van der Waals surface area contributed by atoms with Crippen LogP contribution >= 0.6 is 11.8 Å². The van der Waals surface area contributed by atoms with Gasteiger partial charge in [-0.05, 0) is 36.1 Å². The van der Waals surface area contributed by atoms with Crippen LogP contribution in [-0.4, -0.2) is 11.7 Å². The number of amides is 1. The molecule has 1 amide bonds. The van der Waals surface area contributed by atoms with Crippen molar-refractivity contribution in [1.29, 1.82) is 0 Å². The van der Waals surface area contributed by atoms with Crippen LogP contribution in [0, 0.1) is 5.82 Å². The number of benzene rings is 2. The van der Waals surface area contributed by atoms with Gasteiger partial charge in [0, 0.05) is 16.5 Å². The van der Waals surface area contributed by atoms with E-state index in [1.165, 1.54) is 30.0 Å². The topological polar surface area (TPSA) is 46.3 Å². The van der Waals surface area contributed by atoms with Gasteiger partial charge < -0.3 is 0 Å². The molecule has 128 valence electrons. The zero-order valence-corrected chi connectivity index (χ0v) is 13.4. The molecular weight excluding hydrogens is 344 g/mol. The van der Waals surface area contributed by atoms with Gasteiger partial charge in [-0.2, -0.15) is 13.2 Å². The minimum atomic E-state index is -4.57. The molecule has 0 atom stereocenters. The van der Waals surface area contributed by atoms with E-state index in [2.05, 4.69) is 0 Å². The lowest BCUT2D eigenvalue weighted by Crippen LogP contribution is -2.38. The van der Waals surface area contributed by atoms with Crippen molar-refractivity contribution in [3.8, 4) is 0 Å². The van der Waals surface area contributed by atoms with E-state index < -0.39 is 23.5 Å². The SMILES string of the molecule is CCSc1ccc(F)cc1N(N)C(=O)c1cccc(C(F)(F)F)c1. The normalized spacial score (nSPS) is 11.4. The van der Waals surface area contributed by atoms with E-state index >= 15 is 0 Å². The summed E-state index contributed by atoms with van der Waals surface area (Å²) >= 11 is 1.34. The predicted octanol–water partition coefficient (Wildman–Crippen LogP) is 4.48. The molecule has 0 saturated heterocycles. The molecule has 0 radical (unpaired) electrons. The molecule has 0 bridgehead atoms. The van der Waals surface area contributed by atoms with E-state index in [0.29, 0.717) is 21.7 Å². The highest BCUT2D eigenvalue weighted by atomic mass is 32.2. The first-order chi connectivity index (χ1) is 11.2. The Morgan fingerprint density at radius 1 is 1.21 bits per heavy atom. The van der Waals surface area contributed by atoms with Crippen LogP contribution < -0.4 is 10.9 Å². The van der Waals surface area contributed by atoms with Crippen LogP contribution in [0.2, 0.25) is 0 Å². The van der Waals surface area contributed by atoms with Crippen LogP contribution in [0.1, 0.15) is 22.8 Å². The van der Waals surface area contributed by atoms with E-state index in [9.17, 15) is 22.4 Å². The summed E-state index contributed by atoms with van der Waals surface area (Å²) in [6.07, 6.45) is -4.57. The Morgan fingerprint density at radius 2 is 1.92 bits per heavy atom. The van der Waals surface area contributed by atoms with Gasteiger partial charge in [-0.15, -0.1) is 11.8 Å². The van der Waals surface area contributed by atoms with E-state index in [4.69, 9.17) is 5.84 Å². The fraction of sp³-hybridized carbons (Fsp3) is 0.188. The number of rotatable bonds is 4. The monoisotopic (exact) mass is 358 g/mol. The number of alkyl halides is 3. The van der Waals surface area contributed by atoms with E-state index in [1.807, 2.05) is 6.92 Å². The Hall–Kier alpha value is -2.06. The van der Waals surface area contributed by atoms with Crippen molar-refractivity contribution in [2.24, 2.45) is 5.84 Å². The predicted molar refractivity (Wildman–Crippen MR) is 85.2 cm³/mol. The van der Waals surface area contributed by atoms with E-state index in [1.54, 1.807) is 0 Å². The first kappa shape index (κ1) is 18.3. The largest absolute Gasteiger partial charge is 0.416 e. The molecule has 0 aromatic heterocycles. The summed E-state index contributed by atoms with van der Waals surface area (Å²) in [5, 5.41) is 0.663. The highest BCUT2D eigenvalue weighted by Crippen LogP contribution is 2.32. The summed E-state index contributed by atoms with van der Waals surface area (Å²) in [5.41, 5.74) is -1.09. The van der Waals surface area contributed by atoms with Gasteiger partial charge in [0.15, 0.2) is 0 Å². The molecule has 0 unspecified atom stereocenters. The highest BCUT2D eigenvalue weighted by Gasteiger charge is 2.31. The molecule has 2 aromatic rings. The molecule has 2 aromatic carbocycles. The number of nitrogens with zero attached hydrogens (tertiary/aromatic N) is 1. The molecule has 0 fully saturated rings. The van der Waals surface area contributed by atoms with Crippen molar-refractivity contribution in [2.75, 3.05) is 10.8 Å². The Bertz CT molecular complexity index is 749. The molecule has 0 saturated carbocycles. The maximum atomic E-state index is 13.5. The Balaban J connectivity index is 2.38. The summed E-state index contributed by atoms with van der Waals surface area (Å²) in [6, 6.07) is 7.69. The van der Waals surface area contributed by atoms with Gasteiger partial charge in [-0.3, -0.25) is 4.79 Å². The number of nitrogens with two attached hydrogens (primary N) is 1. The third-order valence-corrected chi connectivity index (χ3v) is 4.08. The fourth-order valence-corrected chi connectivity index (χ4v) is 2.81. The molecule has 3 nitrogen and oxygen atoms in total. The number of anilines is 1. The number of thioether (sulfide) groups is 1. The molecule has 0 aliphatic heterocycles. The van der Waals surface area contributed by atoms with Gasteiger partial charge in [0.1, 0.15) is 5.82 Å². The Labute approximate surface area is 140 Å². The molecule has 8 heteroatoms. The van der Waals surface area contributed by atoms with Gasteiger partial charge >= 0.3 is 6.18 Å². The third-order valence-electron chi connectivity index (χ3n) is 3.14. The standard InChI is InChI=1S/C16H14F4N2OS/c1-2-24-14-7-6-12(17)9-13(14)22(21)15(23)10-4-3-5-11(8-10)16(18,19)20/h3-9H,2,21H2,1H3. The van der Waals surface area contributed by atoms with Crippen LogP contribution in [0.5, 0.6) is 0 Å². The summed E-state index contributed by atoms with van der Waals surface area (Å²) in [6.45, 7) is 1.87. The molecule has 0 heterocycles. The lowest BCUT2D eigenvalue weighted by molar-refractivity contribution is -0.137. The van der Waals surface area contributed by atoms with Crippen molar-refractivity contribution in [3.05, 3.63) is 59.4 Å². The van der Waals surface area contributed by atoms with Crippen molar-refractivity contribution < 1.29 is 22.4 Å².